The average Bonchev–Trinajstić information content (AvgIpc) is 3.12. The van der Waals surface area contributed by atoms with Crippen LogP contribution in [0.3, 0.4) is 0 Å². The lowest BCUT2D eigenvalue weighted by atomic mass is 9.76. The highest BCUT2D eigenvalue weighted by Gasteiger charge is 2.38. The number of esters is 1. The molecule has 2 aliphatic rings. The van der Waals surface area contributed by atoms with Gasteiger partial charge in [0.25, 0.3) is 0 Å². The van der Waals surface area contributed by atoms with Crippen molar-refractivity contribution in [1.29, 1.82) is 0 Å². The highest BCUT2D eigenvalue weighted by molar-refractivity contribution is 7.17. The van der Waals surface area contributed by atoms with Crippen LogP contribution in [0, 0.1) is 5.41 Å². The van der Waals surface area contributed by atoms with Crippen molar-refractivity contribution in [2.75, 3.05) is 0 Å². The van der Waals surface area contributed by atoms with Gasteiger partial charge in [-0.15, -0.1) is 11.3 Å². The summed E-state index contributed by atoms with van der Waals surface area (Å²) in [6, 6.07) is 8.16. The van der Waals surface area contributed by atoms with Crippen molar-refractivity contribution in [2.45, 2.75) is 72.3 Å². The smallest absolute Gasteiger partial charge is 0.337 e. The lowest BCUT2D eigenvalue weighted by Crippen LogP contribution is -2.34. The predicted molar refractivity (Wildman–Crippen MR) is 126 cm³/mol. The number of ether oxygens (including phenoxy) is 1. The minimum atomic E-state index is -0.414. The standard InChI is InChI=1S/C26H31NO3S/c1-15-22(17(3)28)24(20-14-31-21-9-7-6-8-19(20)21)23(16(2)27-15)25(29)30-18-10-12-26(4,5)13-11-18/h6-9,14,18,24,27H,10-13H2,1-5H3. The molecule has 0 spiro atoms. The first-order valence-electron chi connectivity index (χ1n) is 11.0. The van der Waals surface area contributed by atoms with Crippen LogP contribution in [0.25, 0.3) is 10.1 Å². The van der Waals surface area contributed by atoms with E-state index in [0.717, 1.165) is 52.7 Å². The Balaban J connectivity index is 1.73. The maximum atomic E-state index is 13.5. The fourth-order valence-corrected chi connectivity index (χ4v) is 5.96. The summed E-state index contributed by atoms with van der Waals surface area (Å²) in [5.74, 6) is -0.744. The number of thiophene rings is 1. The molecule has 4 nitrogen and oxygen atoms in total. The number of dihydropyridines is 1. The van der Waals surface area contributed by atoms with Gasteiger partial charge in [0.2, 0.25) is 0 Å². The summed E-state index contributed by atoms with van der Waals surface area (Å²) in [5, 5.41) is 6.44. The van der Waals surface area contributed by atoms with Crippen LogP contribution in [0.5, 0.6) is 0 Å². The Morgan fingerprint density at radius 2 is 1.71 bits per heavy atom. The molecule has 1 atom stereocenters. The summed E-state index contributed by atoms with van der Waals surface area (Å²) in [5.41, 5.74) is 4.09. The quantitative estimate of drug-likeness (QED) is 0.576. The van der Waals surface area contributed by atoms with Gasteiger partial charge in [-0.2, -0.15) is 0 Å². The van der Waals surface area contributed by atoms with E-state index < -0.39 is 5.92 Å². The summed E-state index contributed by atoms with van der Waals surface area (Å²) in [6.07, 6.45) is 3.82. The Labute approximate surface area is 188 Å². The second-order valence-electron chi connectivity index (χ2n) is 9.65. The van der Waals surface area contributed by atoms with Crippen LogP contribution in [0.2, 0.25) is 0 Å². The number of allylic oxidation sites excluding steroid dienone is 3. The van der Waals surface area contributed by atoms with Gasteiger partial charge < -0.3 is 10.1 Å². The number of rotatable bonds is 4. The normalized spacial score (nSPS) is 21.9. The number of carbonyl (C=O) groups excluding carboxylic acids is 2. The molecule has 0 saturated heterocycles. The number of hydrogen-bond acceptors (Lipinski definition) is 5. The molecule has 1 fully saturated rings. The van der Waals surface area contributed by atoms with Gasteiger partial charge in [-0.25, -0.2) is 4.79 Å². The molecule has 1 aliphatic carbocycles. The van der Waals surface area contributed by atoms with Crippen molar-refractivity contribution >= 4 is 33.2 Å². The number of carbonyl (C=O) groups is 2. The minimum absolute atomic E-state index is 0.0255. The third kappa shape index (κ3) is 4.20. The summed E-state index contributed by atoms with van der Waals surface area (Å²) in [6.45, 7) is 9.94. The minimum Gasteiger partial charge on any atom is -0.459 e. The van der Waals surface area contributed by atoms with E-state index in [-0.39, 0.29) is 17.9 Å². The highest BCUT2D eigenvalue weighted by Crippen LogP contribution is 2.44. The summed E-state index contributed by atoms with van der Waals surface area (Å²) < 4.78 is 7.18. The lowest BCUT2D eigenvalue weighted by molar-refractivity contribution is -0.147. The van der Waals surface area contributed by atoms with E-state index in [1.165, 1.54) is 0 Å². The number of hydrogen-bond donors (Lipinski definition) is 1. The van der Waals surface area contributed by atoms with Crippen LogP contribution in [0.1, 0.15) is 71.8 Å². The molecule has 1 aliphatic heterocycles. The van der Waals surface area contributed by atoms with E-state index in [9.17, 15) is 9.59 Å². The summed E-state index contributed by atoms with van der Waals surface area (Å²) >= 11 is 1.64. The van der Waals surface area contributed by atoms with Crippen molar-refractivity contribution in [2.24, 2.45) is 5.41 Å². The van der Waals surface area contributed by atoms with E-state index in [1.807, 2.05) is 26.0 Å². The lowest BCUT2D eigenvalue weighted by Gasteiger charge is -2.35. The maximum Gasteiger partial charge on any atom is 0.337 e. The van der Waals surface area contributed by atoms with Crippen molar-refractivity contribution in [1.82, 2.24) is 5.32 Å². The zero-order valence-electron chi connectivity index (χ0n) is 19.0. The van der Waals surface area contributed by atoms with E-state index in [0.29, 0.717) is 16.6 Å². The molecule has 5 heteroatoms. The average molecular weight is 438 g/mol. The second-order valence-corrected chi connectivity index (χ2v) is 10.6. The largest absolute Gasteiger partial charge is 0.459 e. The molecule has 1 aromatic heterocycles. The Hall–Kier alpha value is -2.40. The molecule has 1 N–H and O–H groups in total. The van der Waals surface area contributed by atoms with E-state index in [4.69, 9.17) is 4.74 Å². The highest BCUT2D eigenvalue weighted by atomic mass is 32.1. The third-order valence-corrected chi connectivity index (χ3v) is 7.72. The molecule has 164 valence electrons. The van der Waals surface area contributed by atoms with Gasteiger partial charge >= 0.3 is 5.97 Å². The van der Waals surface area contributed by atoms with Crippen LogP contribution in [-0.2, 0) is 14.3 Å². The van der Waals surface area contributed by atoms with Gasteiger partial charge in [0.05, 0.1) is 5.57 Å². The van der Waals surface area contributed by atoms with Crippen LogP contribution in [-0.4, -0.2) is 17.9 Å². The van der Waals surface area contributed by atoms with Crippen molar-refractivity contribution in [3.8, 4) is 0 Å². The molecule has 1 unspecified atom stereocenters. The first-order valence-corrected chi connectivity index (χ1v) is 11.9. The maximum absolute atomic E-state index is 13.5. The van der Waals surface area contributed by atoms with E-state index in [1.54, 1.807) is 18.3 Å². The fraction of sp³-hybridized carbons (Fsp3) is 0.462. The van der Waals surface area contributed by atoms with Crippen LogP contribution < -0.4 is 5.32 Å². The van der Waals surface area contributed by atoms with E-state index in [2.05, 4.69) is 36.7 Å². The van der Waals surface area contributed by atoms with Crippen molar-refractivity contribution in [3.63, 3.8) is 0 Å². The molecule has 0 amide bonds. The molecule has 1 saturated carbocycles. The Bertz CT molecular complexity index is 1090. The number of benzene rings is 1. The van der Waals surface area contributed by atoms with Gasteiger partial charge in [0.15, 0.2) is 5.78 Å². The van der Waals surface area contributed by atoms with Crippen molar-refractivity contribution < 1.29 is 14.3 Å². The Morgan fingerprint density at radius 1 is 1.06 bits per heavy atom. The number of nitrogens with one attached hydrogen (secondary N) is 1. The molecular formula is C26H31NO3S. The van der Waals surface area contributed by atoms with Gasteiger partial charge in [0, 0.05) is 27.6 Å². The molecule has 2 aromatic rings. The number of fused-ring (bicyclic) bond motifs is 1. The van der Waals surface area contributed by atoms with Gasteiger partial charge in [0.1, 0.15) is 6.10 Å². The zero-order chi connectivity index (χ0) is 22.3. The van der Waals surface area contributed by atoms with Crippen LogP contribution in [0.15, 0.2) is 52.2 Å². The third-order valence-electron chi connectivity index (χ3n) is 6.74. The SMILES string of the molecule is CC(=O)C1=C(C)NC(C)=C(C(=O)OC2CCC(C)(C)CC2)C1c1csc2ccccc12. The van der Waals surface area contributed by atoms with Gasteiger partial charge in [-0.05, 0) is 74.3 Å². The number of ketones is 1. The predicted octanol–water partition coefficient (Wildman–Crippen LogP) is 6.24. The van der Waals surface area contributed by atoms with E-state index >= 15 is 0 Å². The first-order chi connectivity index (χ1) is 14.7. The summed E-state index contributed by atoms with van der Waals surface area (Å²) in [7, 11) is 0. The fourth-order valence-electron chi connectivity index (χ4n) is 4.97. The van der Waals surface area contributed by atoms with Crippen LogP contribution in [0.4, 0.5) is 0 Å². The molecular weight excluding hydrogens is 406 g/mol. The molecule has 2 heterocycles. The summed E-state index contributed by atoms with van der Waals surface area (Å²) in [4.78, 5) is 26.2. The molecule has 1 aromatic carbocycles. The van der Waals surface area contributed by atoms with Crippen LogP contribution >= 0.6 is 11.3 Å². The van der Waals surface area contributed by atoms with Gasteiger partial charge in [-0.3, -0.25) is 4.79 Å². The first kappa shape index (κ1) is 21.8. The van der Waals surface area contributed by atoms with Crippen molar-refractivity contribution in [3.05, 3.63) is 57.7 Å². The molecule has 4 rings (SSSR count). The van der Waals surface area contributed by atoms with Gasteiger partial charge in [-0.1, -0.05) is 32.0 Å². The Kier molecular flexibility index (Phi) is 5.82. The zero-order valence-corrected chi connectivity index (χ0v) is 19.8. The topological polar surface area (TPSA) is 55.4 Å². The number of Topliss-reactive ketones (excluding diaryl/α,β-unsaturated/α-hetero) is 1. The molecule has 0 radical (unpaired) electrons. The second kappa shape index (κ2) is 8.27. The molecule has 31 heavy (non-hydrogen) atoms. The molecule has 0 bridgehead atoms. The Morgan fingerprint density at radius 3 is 2.39 bits per heavy atom. The monoisotopic (exact) mass is 437 g/mol.